The summed E-state index contributed by atoms with van der Waals surface area (Å²) < 4.78 is 6.25. The summed E-state index contributed by atoms with van der Waals surface area (Å²) in [6.07, 6.45) is 3.13. The van der Waals surface area contributed by atoms with Crippen LogP contribution in [0.25, 0.3) is 27.8 Å². The van der Waals surface area contributed by atoms with Gasteiger partial charge >= 0.3 is 5.97 Å². The highest BCUT2D eigenvalue weighted by atomic mass is 16.5. The molecular weight excluding hydrogens is 362 g/mol. The smallest absolute Gasteiger partial charge is 0.343 e. The normalized spacial score (nSPS) is 11.0. The van der Waals surface area contributed by atoms with E-state index in [4.69, 9.17) is 4.74 Å². The Morgan fingerprint density at radius 1 is 0.966 bits per heavy atom. The molecule has 1 aromatic heterocycles. The Hall–Kier alpha value is -4.26. The van der Waals surface area contributed by atoms with Gasteiger partial charge in [0, 0.05) is 11.6 Å². The average molecular weight is 377 g/mol. The minimum absolute atomic E-state index is 0.139. The van der Waals surface area contributed by atoms with Crippen LogP contribution in [0.4, 0.5) is 0 Å². The lowest BCUT2D eigenvalue weighted by Gasteiger charge is -2.07. The fourth-order valence-electron chi connectivity index (χ4n) is 3.61. The van der Waals surface area contributed by atoms with Crippen LogP contribution in [0, 0.1) is 11.3 Å². The van der Waals surface area contributed by atoms with Crippen molar-refractivity contribution in [3.63, 3.8) is 0 Å². The molecule has 0 radical (unpaired) electrons. The van der Waals surface area contributed by atoms with Gasteiger partial charge in [0.1, 0.15) is 17.2 Å². The summed E-state index contributed by atoms with van der Waals surface area (Å²) in [4.78, 5) is 11.9. The largest absolute Gasteiger partial charge is 0.758 e. The van der Waals surface area contributed by atoms with E-state index in [0.29, 0.717) is 5.57 Å². The van der Waals surface area contributed by atoms with Crippen LogP contribution in [0.3, 0.4) is 0 Å². The van der Waals surface area contributed by atoms with E-state index >= 15 is 0 Å². The molecule has 29 heavy (non-hydrogen) atoms. The van der Waals surface area contributed by atoms with Gasteiger partial charge in [0.2, 0.25) is 5.70 Å². The molecule has 0 amide bonds. The zero-order chi connectivity index (χ0) is 20.4. The number of hydrogen-bond donors (Lipinski definition) is 0. The quantitative estimate of drug-likeness (QED) is 0.236. The van der Waals surface area contributed by atoms with E-state index in [9.17, 15) is 15.5 Å². The number of pyridine rings is 1. The summed E-state index contributed by atoms with van der Waals surface area (Å²) in [5, 5.41) is 20.0. The highest BCUT2D eigenvalue weighted by molar-refractivity contribution is 6.08. The maximum Gasteiger partial charge on any atom is 0.343 e. The van der Waals surface area contributed by atoms with Crippen molar-refractivity contribution in [1.29, 1.82) is 5.26 Å². The molecular formula is C24H15N3O2. The van der Waals surface area contributed by atoms with Gasteiger partial charge in [-0.3, -0.25) is 0 Å². The van der Waals surface area contributed by atoms with Crippen LogP contribution in [0.15, 0.2) is 78.6 Å². The third-order valence-corrected chi connectivity index (χ3v) is 4.87. The lowest BCUT2D eigenvalue weighted by Crippen LogP contribution is -2.34. The van der Waals surface area contributed by atoms with Crippen LogP contribution in [-0.4, -0.2) is 18.9 Å². The molecule has 0 bridgehead atoms. The number of ether oxygens (including phenoxy) is 1. The van der Waals surface area contributed by atoms with E-state index in [2.05, 4.69) is 11.9 Å². The highest BCUT2D eigenvalue weighted by Crippen LogP contribution is 2.46. The van der Waals surface area contributed by atoms with Gasteiger partial charge in [-0.15, -0.1) is 0 Å². The number of nitriles is 1. The molecule has 0 N–H and O–H groups in total. The van der Waals surface area contributed by atoms with Crippen molar-refractivity contribution >= 4 is 23.1 Å². The third-order valence-electron chi connectivity index (χ3n) is 4.87. The second kappa shape index (κ2) is 7.40. The zero-order valence-electron chi connectivity index (χ0n) is 15.6. The molecule has 0 atom stereocenters. The Kier molecular flexibility index (Phi) is 4.62. The first kappa shape index (κ1) is 18.1. The first-order valence-corrected chi connectivity index (χ1v) is 8.90. The number of allylic oxidation sites excluding steroid dienone is 2. The molecule has 5 heteroatoms. The fraction of sp³-hybridized carbons (Fsp3) is 0.0417. The number of carbonyl (C=O) groups excluding carboxylic acids is 1. The van der Waals surface area contributed by atoms with Crippen molar-refractivity contribution in [2.24, 2.45) is 0 Å². The maximum atomic E-state index is 11.9. The van der Waals surface area contributed by atoms with E-state index in [1.165, 1.54) is 17.9 Å². The molecule has 0 spiro atoms. The SMILES string of the molecule is COC(=O)c1ccc[n+](C(=C=[N-])C(C#N)=C2c3ccccc3-c3ccccc32)c1. The van der Waals surface area contributed by atoms with E-state index in [1.807, 2.05) is 48.5 Å². The van der Waals surface area contributed by atoms with Gasteiger partial charge in [0.15, 0.2) is 12.4 Å². The summed E-state index contributed by atoms with van der Waals surface area (Å²) >= 11 is 0. The first-order chi connectivity index (χ1) is 14.2. The van der Waals surface area contributed by atoms with Crippen molar-refractivity contribution in [2.75, 3.05) is 7.11 Å². The maximum absolute atomic E-state index is 11.9. The molecule has 0 aliphatic heterocycles. The van der Waals surface area contributed by atoms with E-state index in [0.717, 1.165) is 22.3 Å². The molecule has 1 aliphatic rings. The topological polar surface area (TPSA) is 76.3 Å². The van der Waals surface area contributed by atoms with E-state index in [-0.39, 0.29) is 16.8 Å². The summed E-state index contributed by atoms with van der Waals surface area (Å²) in [7, 11) is 1.30. The number of hydrogen-bond acceptors (Lipinski definition) is 3. The second-order valence-corrected chi connectivity index (χ2v) is 6.40. The lowest BCUT2D eigenvalue weighted by molar-refractivity contribution is -0.577. The zero-order valence-corrected chi connectivity index (χ0v) is 15.6. The first-order valence-electron chi connectivity index (χ1n) is 8.90. The fourth-order valence-corrected chi connectivity index (χ4v) is 3.61. The van der Waals surface area contributed by atoms with Crippen molar-refractivity contribution in [1.82, 2.24) is 0 Å². The van der Waals surface area contributed by atoms with Crippen LogP contribution >= 0.6 is 0 Å². The minimum atomic E-state index is -0.514. The van der Waals surface area contributed by atoms with Gasteiger partial charge in [-0.05, 0) is 28.3 Å². The Balaban J connectivity index is 1.98. The number of methoxy groups -OCH3 is 1. The Labute approximate surface area is 167 Å². The van der Waals surface area contributed by atoms with Crippen LogP contribution < -0.4 is 4.57 Å². The molecule has 2 aromatic carbocycles. The van der Waals surface area contributed by atoms with Crippen molar-refractivity contribution in [3.05, 3.63) is 101 Å². The number of carbonyl (C=O) groups is 1. The summed E-state index contributed by atoms with van der Waals surface area (Å²) in [6, 6.07) is 21.1. The average Bonchev–Trinajstić information content (AvgIpc) is 3.11. The summed E-state index contributed by atoms with van der Waals surface area (Å²) in [5.74, 6) is 1.62. The van der Waals surface area contributed by atoms with Crippen LogP contribution in [0.2, 0.25) is 0 Å². The molecule has 1 heterocycles. The molecule has 0 unspecified atom stereocenters. The molecule has 0 saturated carbocycles. The monoisotopic (exact) mass is 377 g/mol. The van der Waals surface area contributed by atoms with Crippen molar-refractivity contribution in [3.8, 4) is 17.2 Å². The Morgan fingerprint density at radius 3 is 2.07 bits per heavy atom. The number of esters is 1. The third kappa shape index (κ3) is 2.94. The van der Waals surface area contributed by atoms with Crippen LogP contribution in [0.1, 0.15) is 21.5 Å². The predicted molar refractivity (Wildman–Crippen MR) is 110 cm³/mol. The van der Waals surface area contributed by atoms with Gasteiger partial charge in [0.05, 0.1) is 7.11 Å². The van der Waals surface area contributed by atoms with Gasteiger partial charge < -0.3 is 10.1 Å². The van der Waals surface area contributed by atoms with Crippen LogP contribution in [-0.2, 0) is 4.74 Å². The molecule has 3 aromatic rings. The van der Waals surface area contributed by atoms with Gasteiger partial charge in [-0.1, -0.05) is 48.5 Å². The number of aromatic nitrogens is 1. The lowest BCUT2D eigenvalue weighted by atomic mass is 9.96. The minimum Gasteiger partial charge on any atom is -0.758 e. The number of nitrogens with zero attached hydrogens (tertiary/aromatic N) is 3. The van der Waals surface area contributed by atoms with Gasteiger partial charge in [-0.25, -0.2) is 4.79 Å². The van der Waals surface area contributed by atoms with Crippen molar-refractivity contribution in [2.45, 2.75) is 0 Å². The molecule has 1 aliphatic carbocycles. The summed E-state index contributed by atoms with van der Waals surface area (Å²) in [6.45, 7) is 0. The number of rotatable bonds is 3. The van der Waals surface area contributed by atoms with E-state index in [1.54, 1.807) is 18.3 Å². The Morgan fingerprint density at radius 2 is 1.55 bits per heavy atom. The number of benzene rings is 2. The summed E-state index contributed by atoms with van der Waals surface area (Å²) in [5.41, 5.74) is 5.25. The molecule has 5 nitrogen and oxygen atoms in total. The van der Waals surface area contributed by atoms with Gasteiger partial charge in [-0.2, -0.15) is 15.7 Å². The standard InChI is InChI=1S/C24H15N3O2/c1-29-24(28)16-7-6-12-27(15-16)22(14-26)21(13-25)23-19-10-4-2-8-17(19)18-9-3-5-11-20(18)23/h2-12,15H,1H3. The molecule has 0 fully saturated rings. The van der Waals surface area contributed by atoms with E-state index < -0.39 is 5.97 Å². The predicted octanol–water partition coefficient (Wildman–Crippen LogP) is 3.85. The molecule has 4 rings (SSSR count). The number of fused-ring (bicyclic) bond motifs is 3. The molecule has 0 saturated heterocycles. The van der Waals surface area contributed by atoms with Gasteiger partial charge in [0.25, 0.3) is 0 Å². The molecule has 138 valence electrons. The second-order valence-electron chi connectivity index (χ2n) is 6.40. The van der Waals surface area contributed by atoms with Crippen molar-refractivity contribution < 1.29 is 14.1 Å². The highest BCUT2D eigenvalue weighted by Gasteiger charge is 2.29. The van der Waals surface area contributed by atoms with Crippen LogP contribution in [0.5, 0.6) is 0 Å². The Bertz CT molecular complexity index is 1230.